The van der Waals surface area contributed by atoms with Gasteiger partial charge in [0.05, 0.1) is 18.5 Å². The minimum Gasteiger partial charge on any atom is -0.398 e. The lowest BCUT2D eigenvalue weighted by atomic mass is 10.0. The smallest absolute Gasteiger partial charge is 0.227 e. The van der Waals surface area contributed by atoms with E-state index in [2.05, 4.69) is 39.5 Å². The molecule has 1 aliphatic carbocycles. The monoisotopic (exact) mass is 485 g/mol. The van der Waals surface area contributed by atoms with Gasteiger partial charge in [-0.3, -0.25) is 0 Å². The fourth-order valence-corrected chi connectivity index (χ4v) is 5.03. The first-order chi connectivity index (χ1) is 17.5. The molecule has 2 unspecified atom stereocenters. The summed E-state index contributed by atoms with van der Waals surface area (Å²) >= 11 is 0. The minimum atomic E-state index is -0.511. The third kappa shape index (κ3) is 4.99. The van der Waals surface area contributed by atoms with Crippen molar-refractivity contribution in [2.24, 2.45) is 0 Å². The van der Waals surface area contributed by atoms with Gasteiger partial charge in [-0.15, -0.1) is 0 Å². The summed E-state index contributed by atoms with van der Waals surface area (Å²) in [6, 6.07) is 16.6. The molecule has 0 amide bonds. The van der Waals surface area contributed by atoms with Crippen molar-refractivity contribution in [2.45, 2.75) is 70.7 Å². The van der Waals surface area contributed by atoms with Crippen molar-refractivity contribution < 1.29 is 5.11 Å². The van der Waals surface area contributed by atoms with Gasteiger partial charge in [-0.25, -0.2) is 4.98 Å². The van der Waals surface area contributed by atoms with Crippen LogP contribution in [0.3, 0.4) is 0 Å². The van der Waals surface area contributed by atoms with Gasteiger partial charge in [0.2, 0.25) is 5.95 Å². The zero-order valence-corrected chi connectivity index (χ0v) is 21.0. The van der Waals surface area contributed by atoms with Gasteiger partial charge in [0.1, 0.15) is 0 Å². The van der Waals surface area contributed by atoms with E-state index in [1.807, 2.05) is 37.5 Å². The summed E-state index contributed by atoms with van der Waals surface area (Å²) < 4.78 is 2.20. The second kappa shape index (κ2) is 10.5. The maximum Gasteiger partial charge on any atom is 0.227 e. The molecule has 1 saturated carbocycles. The average molecular weight is 486 g/mol. The van der Waals surface area contributed by atoms with Gasteiger partial charge < -0.3 is 26.0 Å². The van der Waals surface area contributed by atoms with Gasteiger partial charge in [0.25, 0.3) is 0 Å². The molecule has 2 heterocycles. The molecule has 4 aromatic rings. The highest BCUT2D eigenvalue weighted by atomic mass is 16.3. The minimum absolute atomic E-state index is 0.129. The van der Waals surface area contributed by atoms with Gasteiger partial charge in [-0.1, -0.05) is 62.2 Å². The van der Waals surface area contributed by atoms with Crippen molar-refractivity contribution in [3.05, 3.63) is 60.4 Å². The Kier molecular flexibility index (Phi) is 7.04. The van der Waals surface area contributed by atoms with E-state index in [4.69, 9.17) is 20.7 Å². The number of aliphatic hydroxyl groups is 1. The van der Waals surface area contributed by atoms with Gasteiger partial charge in [0.15, 0.2) is 17.0 Å². The molecule has 188 valence electrons. The fourth-order valence-electron chi connectivity index (χ4n) is 5.03. The highest BCUT2D eigenvalue weighted by molar-refractivity contribution is 5.84. The van der Waals surface area contributed by atoms with Crippen LogP contribution in [0.4, 0.5) is 17.5 Å². The van der Waals surface area contributed by atoms with E-state index in [0.29, 0.717) is 24.4 Å². The van der Waals surface area contributed by atoms with Crippen LogP contribution < -0.4 is 16.4 Å². The lowest BCUT2D eigenvalue weighted by molar-refractivity contribution is 0.169. The van der Waals surface area contributed by atoms with Gasteiger partial charge >= 0.3 is 0 Å². The number of nitrogens with one attached hydrogen (secondary N) is 2. The predicted molar refractivity (Wildman–Crippen MR) is 146 cm³/mol. The number of nitrogen functional groups attached to an aromatic ring is 1. The van der Waals surface area contributed by atoms with E-state index in [0.717, 1.165) is 52.8 Å². The van der Waals surface area contributed by atoms with Crippen molar-refractivity contribution in [3.63, 3.8) is 0 Å². The molecule has 0 spiro atoms. The van der Waals surface area contributed by atoms with Crippen molar-refractivity contribution >= 4 is 28.6 Å². The summed E-state index contributed by atoms with van der Waals surface area (Å²) in [5.41, 5.74) is 11.8. The average Bonchev–Trinajstić information content (AvgIpc) is 3.56. The van der Waals surface area contributed by atoms with Gasteiger partial charge in [-0.2, -0.15) is 9.97 Å². The summed E-state index contributed by atoms with van der Waals surface area (Å²) in [7, 11) is 0. The van der Waals surface area contributed by atoms with Crippen molar-refractivity contribution in [1.82, 2.24) is 19.5 Å². The van der Waals surface area contributed by atoms with Crippen LogP contribution in [0.25, 0.3) is 22.3 Å². The topological polar surface area (TPSA) is 114 Å². The third-order valence-electron chi connectivity index (χ3n) is 7.16. The molecule has 5 rings (SSSR count). The Morgan fingerprint density at radius 1 is 1.08 bits per heavy atom. The van der Waals surface area contributed by atoms with Crippen LogP contribution in [0.1, 0.15) is 57.6 Å². The van der Waals surface area contributed by atoms with Crippen molar-refractivity contribution in [3.8, 4) is 11.1 Å². The highest BCUT2D eigenvalue weighted by Crippen LogP contribution is 2.33. The number of para-hydroxylation sites is 1. The lowest BCUT2D eigenvalue weighted by Crippen LogP contribution is -2.31. The Hall–Kier alpha value is -3.65. The van der Waals surface area contributed by atoms with Crippen LogP contribution in [-0.4, -0.2) is 36.8 Å². The summed E-state index contributed by atoms with van der Waals surface area (Å²) in [5, 5.41) is 17.0. The first kappa shape index (κ1) is 24.1. The molecule has 8 heteroatoms. The molecule has 0 aliphatic heterocycles. The number of hydrogen-bond acceptors (Lipinski definition) is 7. The highest BCUT2D eigenvalue weighted by Gasteiger charge is 2.23. The molecular weight excluding hydrogens is 450 g/mol. The number of benzene rings is 2. The summed E-state index contributed by atoms with van der Waals surface area (Å²) in [6.45, 7) is 4.42. The second-order valence-corrected chi connectivity index (χ2v) is 9.70. The number of hydrogen-bond donors (Lipinski definition) is 4. The number of aliphatic hydroxyl groups excluding tert-OH is 1. The SMILES string of the molecule is CCC(Nc1nc(NCc2ccc(-c3ccccc3N)cc2)c2ncn(C3CCCC3)c2n1)C(C)O. The number of fused-ring (bicyclic) bond motifs is 1. The largest absolute Gasteiger partial charge is 0.398 e. The van der Waals surface area contributed by atoms with E-state index in [-0.39, 0.29) is 6.04 Å². The van der Waals surface area contributed by atoms with Crippen molar-refractivity contribution in [1.29, 1.82) is 0 Å². The summed E-state index contributed by atoms with van der Waals surface area (Å²) in [6.07, 6.45) is 6.90. The molecule has 0 radical (unpaired) electrons. The Morgan fingerprint density at radius 2 is 1.83 bits per heavy atom. The molecule has 5 N–H and O–H groups in total. The van der Waals surface area contributed by atoms with E-state index in [9.17, 15) is 5.11 Å². The lowest BCUT2D eigenvalue weighted by Gasteiger charge is -2.20. The van der Waals surface area contributed by atoms with E-state index < -0.39 is 6.10 Å². The molecule has 1 aliphatic rings. The molecule has 0 bridgehead atoms. The molecule has 36 heavy (non-hydrogen) atoms. The Labute approximate surface area is 212 Å². The first-order valence-electron chi connectivity index (χ1n) is 12.9. The first-order valence-corrected chi connectivity index (χ1v) is 12.9. The molecule has 2 atom stereocenters. The van der Waals surface area contributed by atoms with Crippen molar-refractivity contribution in [2.75, 3.05) is 16.4 Å². The second-order valence-electron chi connectivity index (χ2n) is 9.70. The number of rotatable bonds is 9. The maximum atomic E-state index is 10.2. The standard InChI is InChI=1S/C28H35N7O/c1-3-24(18(2)36)32-28-33-26(25-27(34-28)35(17-31-25)21-8-4-5-9-21)30-16-19-12-14-20(15-13-19)22-10-6-7-11-23(22)29/h6-7,10-15,17-18,21,24,36H,3-5,8-9,16,29H2,1-2H3,(H2,30,32,33,34). The predicted octanol–water partition coefficient (Wildman–Crippen LogP) is 5.37. The van der Waals surface area contributed by atoms with Crippen LogP contribution >= 0.6 is 0 Å². The van der Waals surface area contributed by atoms with E-state index in [1.165, 1.54) is 12.8 Å². The normalized spacial score (nSPS) is 15.8. The quantitative estimate of drug-likeness (QED) is 0.236. The summed E-state index contributed by atoms with van der Waals surface area (Å²) in [5.74, 6) is 1.20. The molecule has 0 saturated heterocycles. The Morgan fingerprint density at radius 3 is 2.53 bits per heavy atom. The van der Waals surface area contributed by atoms with Crippen LogP contribution in [0.2, 0.25) is 0 Å². The van der Waals surface area contributed by atoms with E-state index >= 15 is 0 Å². The van der Waals surface area contributed by atoms with Crippen LogP contribution in [0.5, 0.6) is 0 Å². The number of imidazole rings is 1. The number of anilines is 3. The van der Waals surface area contributed by atoms with Crippen LogP contribution in [0.15, 0.2) is 54.9 Å². The Balaban J connectivity index is 1.42. The fraction of sp³-hybridized carbons (Fsp3) is 0.393. The van der Waals surface area contributed by atoms with Crippen LogP contribution in [-0.2, 0) is 6.54 Å². The number of nitrogens with zero attached hydrogens (tertiary/aromatic N) is 4. The summed E-state index contributed by atoms with van der Waals surface area (Å²) in [4.78, 5) is 14.3. The number of aromatic nitrogens is 4. The zero-order valence-electron chi connectivity index (χ0n) is 21.0. The van der Waals surface area contributed by atoms with Gasteiger partial charge in [-0.05, 0) is 43.4 Å². The molecule has 2 aromatic heterocycles. The van der Waals surface area contributed by atoms with Gasteiger partial charge in [0, 0.05) is 23.8 Å². The maximum absolute atomic E-state index is 10.2. The molecular formula is C28H35N7O. The molecule has 1 fully saturated rings. The molecule has 2 aromatic carbocycles. The zero-order chi connectivity index (χ0) is 25.1. The molecule has 8 nitrogen and oxygen atoms in total. The number of nitrogens with two attached hydrogens (primary N) is 1. The van der Waals surface area contributed by atoms with E-state index in [1.54, 1.807) is 6.92 Å². The Bertz CT molecular complexity index is 1310. The van der Waals surface area contributed by atoms with Crippen LogP contribution in [0, 0.1) is 0 Å². The third-order valence-corrected chi connectivity index (χ3v) is 7.16.